The zero-order valence-corrected chi connectivity index (χ0v) is 21.1. The summed E-state index contributed by atoms with van der Waals surface area (Å²) in [6.45, 7) is 9.11. The maximum Gasteiger partial charge on any atom is 0.408 e. The van der Waals surface area contributed by atoms with E-state index in [1.807, 2.05) is 26.0 Å². The molecule has 2 atom stereocenters. The lowest BCUT2D eigenvalue weighted by atomic mass is 9.94. The summed E-state index contributed by atoms with van der Waals surface area (Å²) in [5.74, 6) is -0.871. The van der Waals surface area contributed by atoms with Gasteiger partial charge in [0.1, 0.15) is 5.60 Å². The highest BCUT2D eigenvalue weighted by molar-refractivity contribution is 7.89. The second-order valence-corrected chi connectivity index (χ2v) is 11.2. The number of benzene rings is 1. The van der Waals surface area contributed by atoms with Crippen LogP contribution in [0.3, 0.4) is 0 Å². The first-order valence-electron chi connectivity index (χ1n) is 10.8. The van der Waals surface area contributed by atoms with E-state index in [9.17, 15) is 18.0 Å². The highest BCUT2D eigenvalue weighted by Crippen LogP contribution is 2.25. The molecule has 2 aromatic rings. The average molecular weight is 479 g/mol. The molecule has 0 aliphatic heterocycles. The molecule has 1 heterocycles. The minimum atomic E-state index is -3.52. The summed E-state index contributed by atoms with van der Waals surface area (Å²) in [5, 5.41) is 3.59. The zero-order valence-electron chi connectivity index (χ0n) is 20.3. The molecule has 182 valence electrons. The number of ether oxygens (including phenoxy) is 2. The van der Waals surface area contributed by atoms with Crippen molar-refractivity contribution in [3.63, 3.8) is 0 Å². The van der Waals surface area contributed by atoms with Crippen molar-refractivity contribution in [3.8, 4) is 0 Å². The largest absolute Gasteiger partial charge is 0.469 e. The lowest BCUT2D eigenvalue weighted by Gasteiger charge is -2.23. The van der Waals surface area contributed by atoms with Crippen LogP contribution in [0.2, 0.25) is 0 Å². The second kappa shape index (κ2) is 10.4. The first kappa shape index (κ1) is 26.4. The van der Waals surface area contributed by atoms with Crippen molar-refractivity contribution in [1.29, 1.82) is 0 Å². The van der Waals surface area contributed by atoms with E-state index in [4.69, 9.17) is 9.47 Å². The van der Waals surface area contributed by atoms with Crippen LogP contribution in [0, 0.1) is 11.8 Å². The second-order valence-electron chi connectivity index (χ2n) is 9.37. The molecule has 9 heteroatoms. The molecule has 0 spiro atoms. The van der Waals surface area contributed by atoms with Crippen molar-refractivity contribution >= 4 is 33.0 Å². The predicted molar refractivity (Wildman–Crippen MR) is 129 cm³/mol. The maximum absolute atomic E-state index is 12.5. The van der Waals surface area contributed by atoms with Crippen LogP contribution < -0.4 is 5.32 Å². The molecule has 0 saturated heterocycles. The summed E-state index contributed by atoms with van der Waals surface area (Å²) >= 11 is 0. The summed E-state index contributed by atoms with van der Waals surface area (Å²) in [6, 6.07) is 6.62. The quantitative estimate of drug-likeness (QED) is 0.456. The van der Waals surface area contributed by atoms with Crippen LogP contribution in [0.1, 0.15) is 40.2 Å². The van der Waals surface area contributed by atoms with Gasteiger partial charge in [0.2, 0.25) is 10.0 Å². The number of nitrogens with one attached hydrogen (secondary N) is 1. The standard InChI is InChI=1S/C24H34N2O6S/c1-16(2)19(22(27)31-6)13-12-18(25-23(28)32-24(3,4)5)14-17-15-26(33(7,29)30)21-11-9-8-10-20(17)21/h8-13,15-16,18-19H,14H2,1-7H3,(H,25,28)/b13-12+/t18-,19+/m1/s1. The Labute approximate surface area is 196 Å². The molecular formula is C24H34N2O6S. The van der Waals surface area contributed by atoms with Crippen molar-refractivity contribution in [1.82, 2.24) is 9.29 Å². The van der Waals surface area contributed by atoms with Gasteiger partial charge < -0.3 is 14.8 Å². The van der Waals surface area contributed by atoms with Crippen LogP contribution in [0.4, 0.5) is 4.79 Å². The molecule has 1 aromatic carbocycles. The lowest BCUT2D eigenvalue weighted by molar-refractivity contribution is -0.145. The van der Waals surface area contributed by atoms with E-state index in [0.29, 0.717) is 11.9 Å². The van der Waals surface area contributed by atoms with Gasteiger partial charge >= 0.3 is 12.1 Å². The fraction of sp³-hybridized carbons (Fsp3) is 0.500. The fourth-order valence-electron chi connectivity index (χ4n) is 3.48. The van der Waals surface area contributed by atoms with Gasteiger partial charge in [-0.3, -0.25) is 4.79 Å². The molecule has 8 nitrogen and oxygen atoms in total. The Kier molecular flexibility index (Phi) is 8.35. The summed E-state index contributed by atoms with van der Waals surface area (Å²) in [6.07, 6.45) is 5.85. The highest BCUT2D eigenvalue weighted by atomic mass is 32.2. The Bertz CT molecular complexity index is 1130. The third-order valence-electron chi connectivity index (χ3n) is 5.00. The molecule has 1 amide bonds. The smallest absolute Gasteiger partial charge is 0.408 e. The number of hydrogen-bond acceptors (Lipinski definition) is 6. The number of rotatable bonds is 8. The third-order valence-corrected chi connectivity index (χ3v) is 6.02. The van der Waals surface area contributed by atoms with E-state index in [1.54, 1.807) is 51.3 Å². The van der Waals surface area contributed by atoms with E-state index in [2.05, 4.69) is 5.32 Å². The number of nitrogens with zero attached hydrogens (tertiary/aromatic N) is 1. The van der Waals surface area contributed by atoms with Gasteiger partial charge in [-0.25, -0.2) is 17.2 Å². The number of esters is 1. The number of hydrogen-bond donors (Lipinski definition) is 1. The summed E-state index contributed by atoms with van der Waals surface area (Å²) in [5.41, 5.74) is 0.613. The number of fused-ring (bicyclic) bond motifs is 1. The Morgan fingerprint density at radius 1 is 1.15 bits per heavy atom. The van der Waals surface area contributed by atoms with Crippen LogP contribution in [-0.4, -0.2) is 49.5 Å². The molecule has 0 aliphatic carbocycles. The van der Waals surface area contributed by atoms with Gasteiger partial charge in [-0.05, 0) is 44.7 Å². The van der Waals surface area contributed by atoms with Gasteiger partial charge in [0.15, 0.2) is 0 Å². The number of para-hydroxylation sites is 1. The number of carbonyl (C=O) groups is 2. The molecular weight excluding hydrogens is 444 g/mol. The number of carbonyl (C=O) groups excluding carboxylic acids is 2. The van der Waals surface area contributed by atoms with Gasteiger partial charge in [-0.2, -0.15) is 0 Å². The van der Waals surface area contributed by atoms with E-state index in [-0.39, 0.29) is 11.9 Å². The number of alkyl carbamates (subject to hydrolysis) is 1. The van der Waals surface area contributed by atoms with Crippen molar-refractivity contribution in [2.24, 2.45) is 11.8 Å². The van der Waals surface area contributed by atoms with Gasteiger partial charge in [0, 0.05) is 11.6 Å². The SMILES string of the molecule is COC(=O)[C@@H](/C=C/[C@H](Cc1cn(S(C)(=O)=O)c2ccccc12)NC(=O)OC(C)(C)C)C(C)C. The minimum Gasteiger partial charge on any atom is -0.469 e. The van der Waals surface area contributed by atoms with E-state index >= 15 is 0 Å². The molecule has 0 fully saturated rings. The molecule has 1 N–H and O–H groups in total. The van der Waals surface area contributed by atoms with Gasteiger partial charge in [0.25, 0.3) is 0 Å². The molecule has 0 radical (unpaired) electrons. The maximum atomic E-state index is 12.5. The van der Waals surface area contributed by atoms with Gasteiger partial charge in [-0.1, -0.05) is 44.2 Å². The molecule has 0 bridgehead atoms. The Morgan fingerprint density at radius 3 is 2.33 bits per heavy atom. The first-order valence-corrected chi connectivity index (χ1v) is 12.6. The minimum absolute atomic E-state index is 0.0111. The normalized spacial score (nSPS) is 14.4. The van der Waals surface area contributed by atoms with E-state index < -0.39 is 33.7 Å². The topological polar surface area (TPSA) is 104 Å². The fourth-order valence-corrected chi connectivity index (χ4v) is 4.32. The Hall–Kier alpha value is -2.81. The highest BCUT2D eigenvalue weighted by Gasteiger charge is 2.24. The lowest BCUT2D eigenvalue weighted by Crippen LogP contribution is -2.39. The van der Waals surface area contributed by atoms with Gasteiger partial charge in [0.05, 0.1) is 30.8 Å². The summed E-state index contributed by atoms with van der Waals surface area (Å²) < 4.78 is 36.1. The van der Waals surface area contributed by atoms with Crippen molar-refractivity contribution in [3.05, 3.63) is 48.2 Å². The first-order chi connectivity index (χ1) is 15.2. The summed E-state index contributed by atoms with van der Waals surface area (Å²) in [7, 11) is -2.18. The van der Waals surface area contributed by atoms with Crippen LogP contribution in [-0.2, 0) is 30.7 Å². The van der Waals surface area contributed by atoms with E-state index in [0.717, 1.165) is 17.2 Å². The molecule has 1 aromatic heterocycles. The van der Waals surface area contributed by atoms with Crippen molar-refractivity contribution in [2.75, 3.05) is 13.4 Å². The molecule has 0 unspecified atom stereocenters. The van der Waals surface area contributed by atoms with Crippen LogP contribution in [0.25, 0.3) is 10.9 Å². The monoisotopic (exact) mass is 478 g/mol. The van der Waals surface area contributed by atoms with Crippen molar-refractivity contribution < 1.29 is 27.5 Å². The zero-order chi connectivity index (χ0) is 25.0. The summed E-state index contributed by atoms with van der Waals surface area (Å²) in [4.78, 5) is 24.7. The Morgan fingerprint density at radius 2 is 1.79 bits per heavy atom. The number of aromatic nitrogens is 1. The molecule has 2 rings (SSSR count). The molecule has 0 saturated carbocycles. The van der Waals surface area contributed by atoms with Crippen molar-refractivity contribution in [2.45, 2.75) is 52.7 Å². The van der Waals surface area contributed by atoms with Crippen LogP contribution >= 0.6 is 0 Å². The van der Waals surface area contributed by atoms with Gasteiger partial charge in [-0.15, -0.1) is 0 Å². The third kappa shape index (κ3) is 7.35. The van der Waals surface area contributed by atoms with E-state index in [1.165, 1.54) is 11.1 Å². The average Bonchev–Trinajstić information content (AvgIpc) is 3.05. The molecule has 0 aliphatic rings. The predicted octanol–water partition coefficient (Wildman–Crippen LogP) is 3.89. The Balaban J connectivity index is 2.45. The van der Waals surface area contributed by atoms with Crippen LogP contribution in [0.15, 0.2) is 42.6 Å². The molecule has 33 heavy (non-hydrogen) atoms. The number of amides is 1. The van der Waals surface area contributed by atoms with Crippen LogP contribution in [0.5, 0.6) is 0 Å². The number of methoxy groups -OCH3 is 1.